The van der Waals surface area contributed by atoms with Crippen LogP contribution in [0.5, 0.6) is 5.75 Å². The minimum Gasteiger partial charge on any atom is -0.483 e. The second-order valence-corrected chi connectivity index (χ2v) is 6.42. The summed E-state index contributed by atoms with van der Waals surface area (Å²) in [5.41, 5.74) is 0.876. The molecular formula is C21H27NO5. The third-order valence-corrected chi connectivity index (χ3v) is 4.37. The third-order valence-electron chi connectivity index (χ3n) is 4.37. The maximum atomic E-state index is 12.5. The molecule has 1 saturated heterocycles. The normalized spacial score (nSPS) is 17.0. The van der Waals surface area contributed by atoms with Gasteiger partial charge in [0.1, 0.15) is 6.61 Å². The van der Waals surface area contributed by atoms with Crippen molar-refractivity contribution in [1.29, 1.82) is 0 Å². The molecular weight excluding hydrogens is 346 g/mol. The van der Waals surface area contributed by atoms with Crippen molar-refractivity contribution < 1.29 is 18.9 Å². The molecule has 1 unspecified atom stereocenters. The van der Waals surface area contributed by atoms with Crippen molar-refractivity contribution >= 4 is 0 Å². The molecule has 0 saturated carbocycles. The van der Waals surface area contributed by atoms with Crippen molar-refractivity contribution in [3.63, 3.8) is 0 Å². The zero-order valence-corrected chi connectivity index (χ0v) is 15.5. The summed E-state index contributed by atoms with van der Waals surface area (Å²) in [5, 5.41) is 0. The molecule has 0 amide bonds. The Bertz CT molecular complexity index is 725. The Morgan fingerprint density at radius 3 is 2.74 bits per heavy atom. The zero-order chi connectivity index (χ0) is 18.7. The van der Waals surface area contributed by atoms with Crippen molar-refractivity contribution in [1.82, 2.24) is 4.57 Å². The minimum absolute atomic E-state index is 0.0941. The van der Waals surface area contributed by atoms with E-state index in [9.17, 15) is 4.79 Å². The molecule has 2 aromatic rings. The summed E-state index contributed by atoms with van der Waals surface area (Å²) in [6, 6.07) is 13.3. The monoisotopic (exact) mass is 373 g/mol. The number of rotatable bonds is 10. The fraction of sp³-hybridized carbons (Fsp3) is 0.476. The van der Waals surface area contributed by atoms with Crippen LogP contribution in [0.3, 0.4) is 0 Å². The number of hydrogen-bond acceptors (Lipinski definition) is 5. The van der Waals surface area contributed by atoms with Crippen molar-refractivity contribution in [3.8, 4) is 5.75 Å². The van der Waals surface area contributed by atoms with Gasteiger partial charge in [-0.05, 0) is 37.0 Å². The Morgan fingerprint density at radius 1 is 1.04 bits per heavy atom. The lowest BCUT2D eigenvalue weighted by Crippen LogP contribution is -2.25. The molecule has 3 rings (SSSR count). The quantitative estimate of drug-likeness (QED) is 0.599. The van der Waals surface area contributed by atoms with Crippen molar-refractivity contribution in [2.24, 2.45) is 0 Å². The van der Waals surface area contributed by atoms with E-state index in [4.69, 9.17) is 18.9 Å². The highest BCUT2D eigenvalue weighted by Gasteiger charge is 2.13. The molecule has 0 bridgehead atoms. The van der Waals surface area contributed by atoms with Crippen LogP contribution in [-0.4, -0.2) is 37.3 Å². The van der Waals surface area contributed by atoms with Crippen LogP contribution >= 0.6 is 0 Å². The van der Waals surface area contributed by atoms with E-state index in [1.807, 2.05) is 36.4 Å². The molecule has 1 fully saturated rings. The standard InChI is InChI=1S/C21H27NO5/c23-21-19(27-17-18-7-2-1-3-8-18)9-6-11-22(21)12-14-24-15-16-26-20-10-4-5-13-25-20/h1-3,6-9,11,20H,4-5,10,12-17H2. The first-order valence-electron chi connectivity index (χ1n) is 9.50. The Hall–Kier alpha value is -2.15. The average molecular weight is 373 g/mol. The predicted molar refractivity (Wildman–Crippen MR) is 102 cm³/mol. The Balaban J connectivity index is 1.37. The molecule has 146 valence electrons. The van der Waals surface area contributed by atoms with Crippen LogP contribution in [0.15, 0.2) is 53.5 Å². The van der Waals surface area contributed by atoms with Gasteiger partial charge >= 0.3 is 0 Å². The molecule has 1 aromatic carbocycles. The second kappa shape index (κ2) is 10.9. The average Bonchev–Trinajstić information content (AvgIpc) is 2.72. The highest BCUT2D eigenvalue weighted by atomic mass is 16.7. The highest BCUT2D eigenvalue weighted by Crippen LogP contribution is 2.13. The number of nitrogens with zero attached hydrogens (tertiary/aromatic N) is 1. The molecule has 1 aliphatic heterocycles. The van der Waals surface area contributed by atoms with Crippen molar-refractivity contribution in [2.45, 2.75) is 38.7 Å². The molecule has 6 heteroatoms. The second-order valence-electron chi connectivity index (χ2n) is 6.42. The molecule has 0 spiro atoms. The molecule has 2 heterocycles. The van der Waals surface area contributed by atoms with Gasteiger partial charge in [-0.3, -0.25) is 4.79 Å². The van der Waals surface area contributed by atoms with E-state index in [-0.39, 0.29) is 11.8 Å². The summed E-state index contributed by atoms with van der Waals surface area (Å²) in [7, 11) is 0. The first-order chi connectivity index (χ1) is 13.3. The fourth-order valence-corrected chi connectivity index (χ4v) is 2.88. The van der Waals surface area contributed by atoms with Gasteiger partial charge in [-0.15, -0.1) is 0 Å². The van der Waals surface area contributed by atoms with Crippen LogP contribution in [0, 0.1) is 0 Å². The van der Waals surface area contributed by atoms with Gasteiger partial charge in [0.15, 0.2) is 12.0 Å². The summed E-state index contributed by atoms with van der Waals surface area (Å²) < 4.78 is 24.0. The molecule has 0 aliphatic carbocycles. The van der Waals surface area contributed by atoms with Gasteiger partial charge in [-0.2, -0.15) is 0 Å². The van der Waals surface area contributed by atoms with E-state index in [0.717, 1.165) is 31.4 Å². The minimum atomic E-state index is -0.149. The number of hydrogen-bond donors (Lipinski definition) is 0. The lowest BCUT2D eigenvalue weighted by atomic mass is 10.2. The molecule has 0 radical (unpaired) electrons. The van der Waals surface area contributed by atoms with Gasteiger partial charge in [-0.1, -0.05) is 30.3 Å². The Morgan fingerprint density at radius 2 is 1.93 bits per heavy atom. The van der Waals surface area contributed by atoms with Gasteiger partial charge in [0.2, 0.25) is 0 Å². The SMILES string of the molecule is O=c1c(OCc2ccccc2)cccn1CCOCCOC1CCCCO1. The molecule has 0 N–H and O–H groups in total. The van der Waals surface area contributed by atoms with E-state index in [0.29, 0.717) is 38.7 Å². The lowest BCUT2D eigenvalue weighted by Gasteiger charge is -2.22. The van der Waals surface area contributed by atoms with Gasteiger partial charge < -0.3 is 23.5 Å². The van der Waals surface area contributed by atoms with E-state index in [1.54, 1.807) is 16.8 Å². The fourth-order valence-electron chi connectivity index (χ4n) is 2.88. The maximum Gasteiger partial charge on any atom is 0.292 e. The van der Waals surface area contributed by atoms with E-state index >= 15 is 0 Å². The summed E-state index contributed by atoms with van der Waals surface area (Å²) in [6.45, 7) is 3.05. The first-order valence-corrected chi connectivity index (χ1v) is 9.50. The topological polar surface area (TPSA) is 58.9 Å². The largest absolute Gasteiger partial charge is 0.483 e. The van der Waals surface area contributed by atoms with Gasteiger partial charge in [0.05, 0.1) is 19.8 Å². The summed E-state index contributed by atoms with van der Waals surface area (Å²) in [5.74, 6) is 0.346. The van der Waals surface area contributed by atoms with Crippen molar-refractivity contribution in [2.75, 3.05) is 26.4 Å². The smallest absolute Gasteiger partial charge is 0.292 e. The van der Waals surface area contributed by atoms with Crippen LogP contribution in [0.4, 0.5) is 0 Å². The van der Waals surface area contributed by atoms with E-state index in [2.05, 4.69) is 0 Å². The van der Waals surface area contributed by atoms with Crippen molar-refractivity contribution in [3.05, 3.63) is 64.6 Å². The zero-order valence-electron chi connectivity index (χ0n) is 15.5. The number of ether oxygens (including phenoxy) is 4. The van der Waals surface area contributed by atoms with Crippen LogP contribution in [0.1, 0.15) is 24.8 Å². The highest BCUT2D eigenvalue weighted by molar-refractivity contribution is 5.19. The third kappa shape index (κ3) is 6.50. The Labute approximate surface area is 159 Å². The van der Waals surface area contributed by atoms with Crippen LogP contribution in [0.25, 0.3) is 0 Å². The Kier molecular flexibility index (Phi) is 7.89. The molecule has 6 nitrogen and oxygen atoms in total. The van der Waals surface area contributed by atoms with E-state index in [1.165, 1.54) is 0 Å². The summed E-state index contributed by atoms with van der Waals surface area (Å²) in [4.78, 5) is 12.5. The number of benzene rings is 1. The number of aromatic nitrogens is 1. The maximum absolute atomic E-state index is 12.5. The molecule has 1 aromatic heterocycles. The molecule has 27 heavy (non-hydrogen) atoms. The van der Waals surface area contributed by atoms with Crippen LogP contribution in [-0.2, 0) is 27.4 Å². The lowest BCUT2D eigenvalue weighted by molar-refractivity contribution is -0.169. The molecule has 1 atom stereocenters. The first kappa shape index (κ1) is 19.6. The van der Waals surface area contributed by atoms with Crippen LogP contribution < -0.4 is 10.3 Å². The van der Waals surface area contributed by atoms with Gasteiger partial charge in [-0.25, -0.2) is 0 Å². The molecule has 1 aliphatic rings. The van der Waals surface area contributed by atoms with E-state index < -0.39 is 0 Å². The van der Waals surface area contributed by atoms with Crippen LogP contribution in [0.2, 0.25) is 0 Å². The number of pyridine rings is 1. The summed E-state index contributed by atoms with van der Waals surface area (Å²) in [6.07, 6.45) is 4.86. The predicted octanol–water partition coefficient (Wildman–Crippen LogP) is 2.99. The van der Waals surface area contributed by atoms with Gasteiger partial charge in [0, 0.05) is 19.3 Å². The van der Waals surface area contributed by atoms with Gasteiger partial charge in [0.25, 0.3) is 5.56 Å². The summed E-state index contributed by atoms with van der Waals surface area (Å²) >= 11 is 0.